The molecule has 1 aromatic rings. The average Bonchev–Trinajstić information content (AvgIpc) is 2.88. The van der Waals surface area contributed by atoms with Crippen molar-refractivity contribution in [2.75, 3.05) is 19.6 Å². The van der Waals surface area contributed by atoms with Gasteiger partial charge >= 0.3 is 22.4 Å². The van der Waals surface area contributed by atoms with Crippen LogP contribution in [0.4, 0.5) is 9.59 Å². The average molecular weight is 554 g/mol. The Morgan fingerprint density at radius 3 is 2.34 bits per heavy atom. The van der Waals surface area contributed by atoms with Crippen molar-refractivity contribution in [3.05, 3.63) is 33.8 Å². The van der Waals surface area contributed by atoms with E-state index in [1.54, 1.807) is 39.0 Å². The number of rotatable bonds is 5. The standard InChI is InChI=1S/C22H33Cl2N3O7S/c1-20(2,3)17-12-27(19(29)30)10-9-22(33-17,14-7-8-15(23)16(24)11-14)13-25-35(31,32)26-18(28)34-21(4,5)6/h7-8,11,17,25H,9-10,12-13H2,1-6H3,(H,26,28)(H,29,30)/t17-,22+/m1/s1. The van der Waals surface area contributed by atoms with Crippen molar-refractivity contribution in [1.29, 1.82) is 0 Å². The Balaban J connectivity index is 2.45. The lowest BCUT2D eigenvalue weighted by Crippen LogP contribution is -2.50. The minimum atomic E-state index is -4.36. The van der Waals surface area contributed by atoms with Gasteiger partial charge in [-0.05, 0) is 50.3 Å². The molecule has 0 radical (unpaired) electrons. The molecule has 0 aromatic heterocycles. The summed E-state index contributed by atoms with van der Waals surface area (Å²) in [5, 5.41) is 10.2. The second-order valence-corrected chi connectivity index (χ2v) is 12.8. The van der Waals surface area contributed by atoms with E-state index in [0.29, 0.717) is 10.6 Å². The number of halogens is 2. The highest BCUT2D eigenvalue weighted by Gasteiger charge is 2.44. The molecule has 35 heavy (non-hydrogen) atoms. The predicted octanol–water partition coefficient (Wildman–Crippen LogP) is 4.36. The van der Waals surface area contributed by atoms with Crippen molar-refractivity contribution in [2.24, 2.45) is 5.41 Å². The highest BCUT2D eigenvalue weighted by molar-refractivity contribution is 7.88. The Hall–Kier alpha value is -1.79. The van der Waals surface area contributed by atoms with E-state index in [-0.39, 0.29) is 31.1 Å². The summed E-state index contributed by atoms with van der Waals surface area (Å²) in [5.41, 5.74) is -2.20. The van der Waals surface area contributed by atoms with Gasteiger partial charge in [-0.15, -0.1) is 0 Å². The van der Waals surface area contributed by atoms with Gasteiger partial charge in [0.25, 0.3) is 0 Å². The summed E-state index contributed by atoms with van der Waals surface area (Å²) in [6.45, 7) is 10.4. The third-order valence-corrected chi connectivity index (χ3v) is 7.08. The van der Waals surface area contributed by atoms with Crippen LogP contribution in [0.25, 0.3) is 0 Å². The first-order valence-electron chi connectivity index (χ1n) is 11.0. The van der Waals surface area contributed by atoms with Crippen LogP contribution in [0.1, 0.15) is 53.5 Å². The third kappa shape index (κ3) is 8.38. The van der Waals surface area contributed by atoms with Crippen LogP contribution in [0.2, 0.25) is 10.0 Å². The SMILES string of the molecule is CC(C)(C)OC(=O)NS(=O)(=O)NC[C@]1(c2ccc(Cl)c(Cl)c2)CCN(C(=O)O)C[C@H](C(C)(C)C)O1. The second-order valence-electron chi connectivity index (χ2n) is 10.5. The molecule has 2 rings (SSSR count). The first-order valence-corrected chi connectivity index (χ1v) is 13.2. The number of nitrogens with zero attached hydrogens (tertiary/aromatic N) is 1. The summed E-state index contributed by atoms with van der Waals surface area (Å²) in [6, 6.07) is 4.78. The molecule has 2 atom stereocenters. The van der Waals surface area contributed by atoms with Crippen LogP contribution >= 0.6 is 23.2 Å². The first-order chi connectivity index (χ1) is 15.8. The van der Waals surface area contributed by atoms with Gasteiger partial charge in [0.2, 0.25) is 0 Å². The van der Waals surface area contributed by atoms with Gasteiger partial charge in [0.05, 0.1) is 22.7 Å². The van der Waals surface area contributed by atoms with Crippen molar-refractivity contribution < 1.29 is 32.6 Å². The molecule has 1 aliphatic heterocycles. The van der Waals surface area contributed by atoms with E-state index in [0.717, 1.165) is 0 Å². The molecule has 0 unspecified atom stereocenters. The van der Waals surface area contributed by atoms with Crippen LogP contribution < -0.4 is 9.44 Å². The van der Waals surface area contributed by atoms with Crippen molar-refractivity contribution >= 4 is 45.6 Å². The number of hydrogen-bond donors (Lipinski definition) is 3. The van der Waals surface area contributed by atoms with Gasteiger partial charge < -0.3 is 19.5 Å². The molecular formula is C22H33Cl2N3O7S. The number of benzene rings is 1. The highest BCUT2D eigenvalue weighted by atomic mass is 35.5. The maximum absolute atomic E-state index is 12.7. The van der Waals surface area contributed by atoms with Gasteiger partial charge in [-0.25, -0.2) is 14.3 Å². The summed E-state index contributed by atoms with van der Waals surface area (Å²) < 4.78 is 41.1. The Morgan fingerprint density at radius 2 is 1.83 bits per heavy atom. The molecule has 1 saturated heterocycles. The summed E-state index contributed by atoms with van der Waals surface area (Å²) >= 11 is 12.3. The minimum Gasteiger partial charge on any atom is -0.465 e. The predicted molar refractivity (Wildman–Crippen MR) is 133 cm³/mol. The molecule has 10 nitrogen and oxygen atoms in total. The Morgan fingerprint density at radius 1 is 1.20 bits per heavy atom. The van der Waals surface area contributed by atoms with Gasteiger partial charge in [0, 0.05) is 13.1 Å². The molecule has 1 fully saturated rings. The van der Waals surface area contributed by atoms with E-state index in [4.69, 9.17) is 32.7 Å². The molecule has 0 bridgehead atoms. The topological polar surface area (TPSA) is 134 Å². The lowest BCUT2D eigenvalue weighted by Gasteiger charge is -2.40. The monoisotopic (exact) mass is 553 g/mol. The van der Waals surface area contributed by atoms with Gasteiger partial charge in [-0.3, -0.25) is 0 Å². The second kappa shape index (κ2) is 10.7. The van der Waals surface area contributed by atoms with Crippen molar-refractivity contribution in [3.63, 3.8) is 0 Å². The Kier molecular flexibility index (Phi) is 8.98. The van der Waals surface area contributed by atoms with E-state index >= 15 is 0 Å². The Labute approximate surface area is 216 Å². The van der Waals surface area contributed by atoms with E-state index in [1.807, 2.05) is 25.5 Å². The number of carboxylic acid groups (broad SMARTS) is 1. The van der Waals surface area contributed by atoms with Crippen LogP contribution in [0.3, 0.4) is 0 Å². The van der Waals surface area contributed by atoms with E-state index in [1.165, 1.54) is 4.90 Å². The zero-order valence-corrected chi connectivity index (χ0v) is 23.0. The molecule has 1 aliphatic rings. The summed E-state index contributed by atoms with van der Waals surface area (Å²) in [7, 11) is -4.36. The maximum atomic E-state index is 12.7. The molecule has 0 aliphatic carbocycles. The smallest absolute Gasteiger partial charge is 0.422 e. The maximum Gasteiger partial charge on any atom is 0.422 e. The van der Waals surface area contributed by atoms with E-state index in [9.17, 15) is 23.1 Å². The van der Waals surface area contributed by atoms with Crippen LogP contribution in [0.15, 0.2) is 18.2 Å². The number of carbonyl (C=O) groups excluding carboxylic acids is 1. The molecule has 2 amide bonds. The van der Waals surface area contributed by atoms with Crippen LogP contribution in [-0.4, -0.2) is 62.0 Å². The van der Waals surface area contributed by atoms with Crippen molar-refractivity contribution in [1.82, 2.24) is 14.3 Å². The van der Waals surface area contributed by atoms with Gasteiger partial charge in [0.15, 0.2) is 0 Å². The molecular weight excluding hydrogens is 521 g/mol. The molecule has 198 valence electrons. The van der Waals surface area contributed by atoms with Crippen molar-refractivity contribution in [3.8, 4) is 0 Å². The van der Waals surface area contributed by atoms with Gasteiger partial charge in [-0.1, -0.05) is 50.0 Å². The quantitative estimate of drug-likeness (QED) is 0.492. The lowest BCUT2D eigenvalue weighted by atomic mass is 9.86. The van der Waals surface area contributed by atoms with Crippen LogP contribution in [0, 0.1) is 5.41 Å². The zero-order valence-electron chi connectivity index (χ0n) is 20.6. The summed E-state index contributed by atoms with van der Waals surface area (Å²) in [5.74, 6) is 0. The number of carbonyl (C=O) groups is 2. The van der Waals surface area contributed by atoms with E-state index < -0.39 is 45.1 Å². The highest BCUT2D eigenvalue weighted by Crippen LogP contribution is 2.40. The summed E-state index contributed by atoms with van der Waals surface area (Å²) in [4.78, 5) is 25.1. The van der Waals surface area contributed by atoms with E-state index in [2.05, 4.69) is 4.72 Å². The molecule has 0 spiro atoms. The number of amides is 2. The first kappa shape index (κ1) is 29.4. The molecule has 3 N–H and O–H groups in total. The fourth-order valence-corrected chi connectivity index (χ4v) is 4.53. The molecule has 0 saturated carbocycles. The molecule has 1 heterocycles. The van der Waals surface area contributed by atoms with Gasteiger partial charge in [0.1, 0.15) is 11.2 Å². The minimum absolute atomic E-state index is 0.0728. The zero-order chi connectivity index (χ0) is 26.8. The fourth-order valence-electron chi connectivity index (χ4n) is 3.48. The Bertz CT molecular complexity index is 1050. The van der Waals surface area contributed by atoms with Crippen LogP contribution in [0.5, 0.6) is 0 Å². The molecule has 13 heteroatoms. The van der Waals surface area contributed by atoms with Gasteiger partial charge in [-0.2, -0.15) is 13.1 Å². The number of ether oxygens (including phenoxy) is 2. The molecule has 1 aromatic carbocycles. The normalized spacial score (nSPS) is 21.8. The van der Waals surface area contributed by atoms with Crippen LogP contribution in [-0.2, 0) is 25.3 Å². The third-order valence-electron chi connectivity index (χ3n) is 5.39. The summed E-state index contributed by atoms with van der Waals surface area (Å²) in [6.07, 6.45) is -2.74. The van der Waals surface area contributed by atoms with Crippen molar-refractivity contribution in [2.45, 2.75) is 65.3 Å². The number of hydrogen-bond acceptors (Lipinski definition) is 6. The largest absolute Gasteiger partial charge is 0.465 e. The lowest BCUT2D eigenvalue weighted by molar-refractivity contribution is -0.127. The number of nitrogens with one attached hydrogen (secondary N) is 2. The fraction of sp³-hybridized carbons (Fsp3) is 0.636.